The summed E-state index contributed by atoms with van der Waals surface area (Å²) >= 11 is 0. The number of rotatable bonds is 7. The minimum atomic E-state index is -3.12. The molecule has 4 saturated carbocycles. The average molecular weight is 485 g/mol. The Labute approximate surface area is 204 Å². The minimum Gasteiger partial charge on any atom is -0.393 e. The molecule has 0 unspecified atom stereocenters. The maximum Gasteiger partial charge on any atom is 0.294 e. The highest BCUT2D eigenvalue weighted by atomic mass is 19.3. The number of fused-ring (bicyclic) bond motifs is 5. The molecule has 0 saturated heterocycles. The minimum absolute atomic E-state index is 0.0441. The van der Waals surface area contributed by atoms with Gasteiger partial charge in [-0.05, 0) is 110 Å². The predicted molar refractivity (Wildman–Crippen MR) is 128 cm³/mol. The number of aliphatic hydroxyl groups is 2. The fraction of sp³-hybridized carbons (Fsp3) is 0.929. The molecule has 0 aromatic rings. The van der Waals surface area contributed by atoms with Crippen LogP contribution in [0.2, 0.25) is 0 Å². The third-order valence-electron chi connectivity index (χ3n) is 11.1. The van der Waals surface area contributed by atoms with E-state index in [0.29, 0.717) is 24.2 Å². The Bertz CT molecular complexity index is 759. The van der Waals surface area contributed by atoms with Crippen LogP contribution in [0.1, 0.15) is 79.1 Å². The lowest BCUT2D eigenvalue weighted by Crippen LogP contribution is -2.58. The van der Waals surface area contributed by atoms with Gasteiger partial charge in [0.25, 0.3) is 5.92 Å². The molecule has 4 fully saturated rings. The van der Waals surface area contributed by atoms with Crippen molar-refractivity contribution in [2.75, 3.05) is 13.9 Å². The molecule has 6 heteroatoms. The van der Waals surface area contributed by atoms with Gasteiger partial charge in [-0.25, -0.2) is 0 Å². The summed E-state index contributed by atoms with van der Waals surface area (Å²) in [5.74, 6) is -1.77. The summed E-state index contributed by atoms with van der Waals surface area (Å²) in [4.78, 5) is 0. The maximum absolute atomic E-state index is 15.2. The van der Waals surface area contributed by atoms with Gasteiger partial charge in [-0.15, -0.1) is 0 Å². The van der Waals surface area contributed by atoms with Gasteiger partial charge in [-0.1, -0.05) is 27.4 Å². The third-order valence-corrected chi connectivity index (χ3v) is 11.1. The van der Waals surface area contributed by atoms with Crippen LogP contribution in [0, 0.1) is 46.3 Å². The Kier molecular flexibility index (Phi) is 7.32. The first-order valence-electron chi connectivity index (χ1n) is 13.4. The summed E-state index contributed by atoms with van der Waals surface area (Å²) in [7, 11) is 1.46. The van der Waals surface area contributed by atoms with Gasteiger partial charge in [0.2, 0.25) is 0 Å². The monoisotopic (exact) mass is 484 g/mol. The fourth-order valence-corrected chi connectivity index (χ4v) is 9.36. The second kappa shape index (κ2) is 9.39. The first kappa shape index (κ1) is 26.5. The second-order valence-corrected chi connectivity index (χ2v) is 12.7. The molecule has 4 aliphatic rings. The molecule has 0 aliphatic heterocycles. The van der Waals surface area contributed by atoms with E-state index < -0.39 is 12.0 Å². The van der Waals surface area contributed by atoms with Gasteiger partial charge in [0.15, 0.2) is 0 Å². The molecule has 0 amide bonds. The SMILES string of the molecule is C=C(C)C(F)(F)[C@H](OCOC)[C@@H](C)[C@H]1CC[C@H]2[C@@H]3C[C@H](O)[C@@H]4C[C@H](O)CC[C@]4(C)[C@H]3CC[C@]12C. The molecule has 0 bridgehead atoms. The number of methoxy groups -OCH3 is 1. The molecule has 2 N–H and O–H groups in total. The first-order valence-corrected chi connectivity index (χ1v) is 13.4. The number of hydrogen-bond acceptors (Lipinski definition) is 4. The molecule has 34 heavy (non-hydrogen) atoms. The van der Waals surface area contributed by atoms with E-state index in [1.807, 2.05) is 6.92 Å². The lowest BCUT2D eigenvalue weighted by Gasteiger charge is -2.62. The lowest BCUT2D eigenvalue weighted by atomic mass is 9.43. The van der Waals surface area contributed by atoms with Crippen LogP contribution in [0.3, 0.4) is 0 Å². The highest BCUT2D eigenvalue weighted by Gasteiger charge is 2.63. The summed E-state index contributed by atoms with van der Waals surface area (Å²) in [6, 6.07) is 0. The van der Waals surface area contributed by atoms with Crippen molar-refractivity contribution >= 4 is 0 Å². The molecule has 0 radical (unpaired) electrons. The van der Waals surface area contributed by atoms with E-state index in [1.165, 1.54) is 14.0 Å². The van der Waals surface area contributed by atoms with E-state index in [4.69, 9.17) is 9.47 Å². The number of ether oxygens (including phenoxy) is 2. The fourth-order valence-electron chi connectivity index (χ4n) is 9.36. The average Bonchev–Trinajstić information content (AvgIpc) is 3.12. The van der Waals surface area contributed by atoms with E-state index in [2.05, 4.69) is 20.4 Å². The maximum atomic E-state index is 15.2. The standard InChI is InChI=1S/C28H46F2O4/c1-16(2)28(29,30)25(34-15-33-6)17(3)20-7-8-21-19-14-24(32)23-13-18(31)9-11-27(23,5)22(19)10-12-26(20,21)4/h17-25,31-32H,1,7-15H2,2-6H3/t17-,18+,19-,20+,21-,22-,23-,24-,25+,26+,27+/m0/s1. The Balaban J connectivity index is 1.59. The van der Waals surface area contributed by atoms with Crippen molar-refractivity contribution in [3.05, 3.63) is 12.2 Å². The Hall–Kier alpha value is -0.560. The van der Waals surface area contributed by atoms with Crippen molar-refractivity contribution in [1.29, 1.82) is 0 Å². The van der Waals surface area contributed by atoms with Crippen LogP contribution >= 0.6 is 0 Å². The molecular weight excluding hydrogens is 438 g/mol. The molecule has 0 aromatic heterocycles. The van der Waals surface area contributed by atoms with Gasteiger partial charge in [0.1, 0.15) is 12.9 Å². The van der Waals surface area contributed by atoms with Crippen LogP contribution < -0.4 is 0 Å². The summed E-state index contributed by atoms with van der Waals surface area (Å²) in [6.07, 6.45) is 5.39. The molecule has 0 aromatic carbocycles. The summed E-state index contributed by atoms with van der Waals surface area (Å²) in [5, 5.41) is 21.5. The van der Waals surface area contributed by atoms with Gasteiger partial charge in [-0.3, -0.25) is 0 Å². The Morgan fingerprint density at radius 3 is 2.32 bits per heavy atom. The number of aliphatic hydroxyl groups excluding tert-OH is 2. The van der Waals surface area contributed by atoms with E-state index in [9.17, 15) is 10.2 Å². The zero-order chi connectivity index (χ0) is 25.1. The molecule has 0 heterocycles. The number of halogens is 2. The van der Waals surface area contributed by atoms with Crippen molar-refractivity contribution in [2.24, 2.45) is 46.3 Å². The van der Waals surface area contributed by atoms with Gasteiger partial charge in [-0.2, -0.15) is 8.78 Å². The molecule has 4 rings (SSSR count). The molecule has 196 valence electrons. The second-order valence-electron chi connectivity index (χ2n) is 12.7. The Morgan fingerprint density at radius 1 is 1.03 bits per heavy atom. The summed E-state index contributed by atoms with van der Waals surface area (Å²) in [5.41, 5.74) is -0.154. The van der Waals surface area contributed by atoms with Crippen molar-refractivity contribution in [1.82, 2.24) is 0 Å². The number of hydrogen-bond donors (Lipinski definition) is 2. The van der Waals surface area contributed by atoms with E-state index in [-0.39, 0.29) is 53.2 Å². The quantitative estimate of drug-likeness (QED) is 0.353. The third kappa shape index (κ3) is 4.09. The largest absolute Gasteiger partial charge is 0.393 e. The zero-order valence-electron chi connectivity index (χ0n) is 21.7. The van der Waals surface area contributed by atoms with Crippen LogP contribution in [0.15, 0.2) is 12.2 Å². The van der Waals surface area contributed by atoms with Gasteiger partial charge < -0.3 is 19.7 Å². The molecule has 4 nitrogen and oxygen atoms in total. The van der Waals surface area contributed by atoms with Crippen molar-refractivity contribution in [2.45, 2.75) is 103 Å². The summed E-state index contributed by atoms with van der Waals surface area (Å²) in [6.45, 7) is 11.4. The van der Waals surface area contributed by atoms with Gasteiger partial charge >= 0.3 is 0 Å². The van der Waals surface area contributed by atoms with E-state index in [1.54, 1.807) is 0 Å². The molecule has 4 aliphatic carbocycles. The van der Waals surface area contributed by atoms with Crippen LogP contribution in [-0.4, -0.2) is 48.4 Å². The van der Waals surface area contributed by atoms with Crippen molar-refractivity contribution in [3.8, 4) is 0 Å². The smallest absolute Gasteiger partial charge is 0.294 e. The van der Waals surface area contributed by atoms with E-state index in [0.717, 1.165) is 44.9 Å². The zero-order valence-corrected chi connectivity index (χ0v) is 21.7. The van der Waals surface area contributed by atoms with Gasteiger partial charge in [0.05, 0.1) is 12.2 Å². The summed E-state index contributed by atoms with van der Waals surface area (Å²) < 4.78 is 41.1. The van der Waals surface area contributed by atoms with Crippen molar-refractivity contribution in [3.63, 3.8) is 0 Å². The molecular formula is C28H46F2O4. The van der Waals surface area contributed by atoms with Crippen LogP contribution in [0.5, 0.6) is 0 Å². The van der Waals surface area contributed by atoms with Crippen LogP contribution in [0.25, 0.3) is 0 Å². The molecule has 0 spiro atoms. The van der Waals surface area contributed by atoms with Crippen molar-refractivity contribution < 1.29 is 28.5 Å². The Morgan fingerprint density at radius 2 is 1.68 bits per heavy atom. The van der Waals surface area contributed by atoms with E-state index >= 15 is 8.78 Å². The molecule has 11 atom stereocenters. The topological polar surface area (TPSA) is 58.9 Å². The number of alkyl halides is 2. The highest BCUT2D eigenvalue weighted by Crippen LogP contribution is 2.68. The first-order chi connectivity index (χ1) is 15.9. The lowest BCUT2D eigenvalue weighted by molar-refractivity contribution is -0.197. The van der Waals surface area contributed by atoms with Crippen LogP contribution in [0.4, 0.5) is 8.78 Å². The predicted octanol–water partition coefficient (Wildman–Crippen LogP) is 5.81. The van der Waals surface area contributed by atoms with Crippen LogP contribution in [-0.2, 0) is 9.47 Å². The normalized spacial score (nSPS) is 46.2. The highest BCUT2D eigenvalue weighted by molar-refractivity contribution is 5.14. The van der Waals surface area contributed by atoms with Gasteiger partial charge in [0, 0.05) is 7.11 Å².